The lowest BCUT2D eigenvalue weighted by Crippen LogP contribution is -2.23. The predicted molar refractivity (Wildman–Crippen MR) is 84.4 cm³/mol. The zero-order chi connectivity index (χ0) is 13.4. The van der Waals surface area contributed by atoms with Crippen molar-refractivity contribution in [3.05, 3.63) is 35.4 Å². The predicted octanol–water partition coefficient (Wildman–Crippen LogP) is 4.43. The van der Waals surface area contributed by atoms with Crippen LogP contribution >= 0.6 is 11.8 Å². The highest BCUT2D eigenvalue weighted by Gasteiger charge is 2.08. The van der Waals surface area contributed by atoms with Gasteiger partial charge in [-0.3, -0.25) is 0 Å². The van der Waals surface area contributed by atoms with E-state index in [1.807, 2.05) is 11.8 Å². The van der Waals surface area contributed by atoms with Gasteiger partial charge in [0.25, 0.3) is 0 Å². The van der Waals surface area contributed by atoms with Gasteiger partial charge in [-0.05, 0) is 43.2 Å². The molecule has 0 bridgehead atoms. The Bertz CT molecular complexity index is 320. The SMILES string of the molecule is CCc1ccc(C(CC)NCCC(C)SC)cc1. The van der Waals surface area contributed by atoms with E-state index in [1.165, 1.54) is 17.5 Å². The first kappa shape index (κ1) is 15.6. The average Bonchev–Trinajstić information content (AvgIpc) is 2.43. The van der Waals surface area contributed by atoms with Crippen LogP contribution in [0.1, 0.15) is 50.8 Å². The summed E-state index contributed by atoms with van der Waals surface area (Å²) in [6, 6.07) is 9.56. The molecule has 2 atom stereocenters. The minimum Gasteiger partial charge on any atom is -0.310 e. The smallest absolute Gasteiger partial charge is 0.0317 e. The molecule has 0 aromatic heterocycles. The Hall–Kier alpha value is -0.470. The van der Waals surface area contributed by atoms with E-state index in [1.54, 1.807) is 0 Å². The van der Waals surface area contributed by atoms with Crippen LogP contribution in [0.5, 0.6) is 0 Å². The second-order valence-electron chi connectivity index (χ2n) is 4.85. The molecule has 2 heteroatoms. The molecule has 0 amide bonds. The maximum Gasteiger partial charge on any atom is 0.0317 e. The third kappa shape index (κ3) is 5.03. The molecule has 0 aliphatic heterocycles. The normalized spacial score (nSPS) is 14.4. The zero-order valence-electron chi connectivity index (χ0n) is 12.2. The standard InChI is InChI=1S/C16H27NS/c1-5-14-7-9-15(10-8-14)16(6-2)17-12-11-13(3)18-4/h7-10,13,16-17H,5-6,11-12H2,1-4H3. The highest BCUT2D eigenvalue weighted by Crippen LogP contribution is 2.18. The van der Waals surface area contributed by atoms with Crippen molar-refractivity contribution in [1.82, 2.24) is 5.32 Å². The summed E-state index contributed by atoms with van der Waals surface area (Å²) in [5, 5.41) is 4.42. The molecular formula is C16H27NS. The van der Waals surface area contributed by atoms with Crippen molar-refractivity contribution in [3.63, 3.8) is 0 Å². The van der Waals surface area contributed by atoms with E-state index in [2.05, 4.69) is 56.6 Å². The molecule has 1 aromatic carbocycles. The average molecular weight is 265 g/mol. The lowest BCUT2D eigenvalue weighted by atomic mass is 10.0. The molecule has 0 aliphatic carbocycles. The van der Waals surface area contributed by atoms with Crippen LogP contribution in [0.25, 0.3) is 0 Å². The Balaban J connectivity index is 2.49. The van der Waals surface area contributed by atoms with Crippen molar-refractivity contribution in [1.29, 1.82) is 0 Å². The van der Waals surface area contributed by atoms with Crippen molar-refractivity contribution in [2.75, 3.05) is 12.8 Å². The van der Waals surface area contributed by atoms with Crippen LogP contribution in [0, 0.1) is 0 Å². The lowest BCUT2D eigenvalue weighted by Gasteiger charge is -2.19. The van der Waals surface area contributed by atoms with Gasteiger partial charge in [-0.15, -0.1) is 0 Å². The number of rotatable bonds is 8. The molecule has 102 valence electrons. The van der Waals surface area contributed by atoms with Crippen LogP contribution in [0.15, 0.2) is 24.3 Å². The maximum atomic E-state index is 3.68. The second kappa shape index (κ2) is 8.60. The van der Waals surface area contributed by atoms with E-state index in [0.717, 1.165) is 24.6 Å². The summed E-state index contributed by atoms with van der Waals surface area (Å²) in [7, 11) is 0. The van der Waals surface area contributed by atoms with Crippen LogP contribution in [-0.4, -0.2) is 18.1 Å². The van der Waals surface area contributed by atoms with E-state index >= 15 is 0 Å². The van der Waals surface area contributed by atoms with E-state index < -0.39 is 0 Å². The van der Waals surface area contributed by atoms with Gasteiger partial charge in [0.1, 0.15) is 0 Å². The van der Waals surface area contributed by atoms with E-state index in [-0.39, 0.29) is 0 Å². The first-order valence-corrected chi connectivity index (χ1v) is 8.35. The molecule has 0 fully saturated rings. The first-order chi connectivity index (χ1) is 8.71. The van der Waals surface area contributed by atoms with Crippen LogP contribution in [-0.2, 0) is 6.42 Å². The van der Waals surface area contributed by atoms with Crippen molar-refractivity contribution in [2.24, 2.45) is 0 Å². The van der Waals surface area contributed by atoms with Crippen molar-refractivity contribution in [3.8, 4) is 0 Å². The number of hydrogen-bond donors (Lipinski definition) is 1. The Morgan fingerprint density at radius 2 is 1.83 bits per heavy atom. The number of aryl methyl sites for hydroxylation is 1. The van der Waals surface area contributed by atoms with Gasteiger partial charge in [0.05, 0.1) is 0 Å². The molecule has 1 aromatic rings. The molecule has 0 saturated heterocycles. The first-order valence-electron chi connectivity index (χ1n) is 7.06. The van der Waals surface area contributed by atoms with Gasteiger partial charge in [0.15, 0.2) is 0 Å². The molecule has 2 unspecified atom stereocenters. The second-order valence-corrected chi connectivity index (χ2v) is 6.12. The summed E-state index contributed by atoms with van der Waals surface area (Å²) in [6.07, 6.45) is 5.70. The van der Waals surface area contributed by atoms with Crippen molar-refractivity contribution >= 4 is 11.8 Å². The van der Waals surface area contributed by atoms with Crippen molar-refractivity contribution < 1.29 is 0 Å². The molecule has 0 aliphatic rings. The Morgan fingerprint density at radius 1 is 1.17 bits per heavy atom. The minimum absolute atomic E-state index is 0.505. The molecular weight excluding hydrogens is 238 g/mol. The van der Waals surface area contributed by atoms with Crippen molar-refractivity contribution in [2.45, 2.75) is 51.3 Å². The third-order valence-corrected chi connectivity index (χ3v) is 4.58. The highest BCUT2D eigenvalue weighted by molar-refractivity contribution is 7.99. The molecule has 0 saturated carbocycles. The van der Waals surface area contributed by atoms with Crippen LogP contribution in [0.3, 0.4) is 0 Å². The van der Waals surface area contributed by atoms with E-state index in [0.29, 0.717) is 6.04 Å². The molecule has 0 heterocycles. The summed E-state index contributed by atoms with van der Waals surface area (Å²) >= 11 is 1.94. The van der Waals surface area contributed by atoms with Crippen LogP contribution < -0.4 is 5.32 Å². The largest absolute Gasteiger partial charge is 0.310 e. The number of hydrogen-bond acceptors (Lipinski definition) is 2. The summed E-state index contributed by atoms with van der Waals surface area (Å²) in [5.41, 5.74) is 2.84. The molecule has 1 nitrogen and oxygen atoms in total. The van der Waals surface area contributed by atoms with Gasteiger partial charge in [-0.25, -0.2) is 0 Å². The monoisotopic (exact) mass is 265 g/mol. The number of thioether (sulfide) groups is 1. The van der Waals surface area contributed by atoms with Gasteiger partial charge in [-0.2, -0.15) is 11.8 Å². The molecule has 1 N–H and O–H groups in total. The van der Waals surface area contributed by atoms with Gasteiger partial charge >= 0.3 is 0 Å². The van der Waals surface area contributed by atoms with Crippen LogP contribution in [0.2, 0.25) is 0 Å². The summed E-state index contributed by atoms with van der Waals surface area (Å²) in [6.45, 7) is 7.86. The summed E-state index contributed by atoms with van der Waals surface area (Å²) in [5.74, 6) is 0. The quantitative estimate of drug-likeness (QED) is 0.746. The van der Waals surface area contributed by atoms with Gasteiger partial charge < -0.3 is 5.32 Å². The Kier molecular flexibility index (Phi) is 7.45. The minimum atomic E-state index is 0.505. The molecule has 1 rings (SSSR count). The topological polar surface area (TPSA) is 12.0 Å². The molecule has 0 spiro atoms. The van der Waals surface area contributed by atoms with Crippen LogP contribution in [0.4, 0.5) is 0 Å². The fourth-order valence-corrected chi connectivity index (χ4v) is 2.42. The molecule has 0 radical (unpaired) electrons. The Labute approximate surface area is 117 Å². The zero-order valence-corrected chi connectivity index (χ0v) is 13.0. The van der Waals surface area contributed by atoms with E-state index in [4.69, 9.17) is 0 Å². The van der Waals surface area contributed by atoms with Gasteiger partial charge in [-0.1, -0.05) is 45.0 Å². The third-order valence-electron chi connectivity index (χ3n) is 3.54. The molecule has 18 heavy (non-hydrogen) atoms. The summed E-state index contributed by atoms with van der Waals surface area (Å²) in [4.78, 5) is 0. The lowest BCUT2D eigenvalue weighted by molar-refractivity contribution is 0.510. The summed E-state index contributed by atoms with van der Waals surface area (Å²) < 4.78 is 0. The maximum absolute atomic E-state index is 3.68. The van der Waals surface area contributed by atoms with Gasteiger partial charge in [0.2, 0.25) is 0 Å². The highest BCUT2D eigenvalue weighted by atomic mass is 32.2. The van der Waals surface area contributed by atoms with E-state index in [9.17, 15) is 0 Å². The fourth-order valence-electron chi connectivity index (χ4n) is 2.06. The fraction of sp³-hybridized carbons (Fsp3) is 0.625. The Morgan fingerprint density at radius 3 is 2.33 bits per heavy atom. The van der Waals surface area contributed by atoms with Gasteiger partial charge in [0, 0.05) is 11.3 Å². The number of benzene rings is 1. The number of nitrogens with one attached hydrogen (secondary N) is 1.